The summed E-state index contributed by atoms with van der Waals surface area (Å²) in [5, 5.41) is 28.9. The van der Waals surface area contributed by atoms with Crippen molar-refractivity contribution in [3.05, 3.63) is 78.0 Å². The van der Waals surface area contributed by atoms with Crippen LogP contribution in [0, 0.1) is 0 Å². The summed E-state index contributed by atoms with van der Waals surface area (Å²) < 4.78 is 0. The van der Waals surface area contributed by atoms with Crippen LogP contribution < -0.4 is 21.1 Å². The number of aliphatic hydroxyl groups is 2. The second-order valence-corrected chi connectivity index (χ2v) is 8.45. The van der Waals surface area contributed by atoms with Crippen molar-refractivity contribution in [1.29, 1.82) is 0 Å². The van der Waals surface area contributed by atoms with E-state index in [0.717, 1.165) is 16.8 Å². The first-order valence-electron chi connectivity index (χ1n) is 11.8. The molecule has 0 radical (unpaired) electrons. The number of aliphatic hydroxyl groups excluding tert-OH is 2. The monoisotopic (exact) mass is 481 g/mol. The molecule has 5 N–H and O–H groups in total. The molecular weight excluding hydrogens is 446 g/mol. The summed E-state index contributed by atoms with van der Waals surface area (Å²) in [5.74, 6) is -1.48. The summed E-state index contributed by atoms with van der Waals surface area (Å²) in [6, 6.07) is 16.3. The van der Waals surface area contributed by atoms with E-state index >= 15 is 0 Å². The van der Waals surface area contributed by atoms with Gasteiger partial charge in [-0.3, -0.25) is 14.6 Å². The molecule has 188 valence electrons. The van der Waals surface area contributed by atoms with Crippen LogP contribution in [0.1, 0.15) is 37.1 Å². The van der Waals surface area contributed by atoms with E-state index < -0.39 is 30.1 Å². The smallest absolute Gasteiger partial charge is 0.255 e. The molecule has 1 heterocycles. The predicted molar refractivity (Wildman–Crippen MR) is 135 cm³/mol. The summed E-state index contributed by atoms with van der Waals surface area (Å²) in [7, 11) is 1.81. The van der Waals surface area contributed by atoms with Crippen molar-refractivity contribution in [2.45, 2.75) is 38.1 Å². The third kappa shape index (κ3) is 6.46. The van der Waals surface area contributed by atoms with Gasteiger partial charge in [-0.2, -0.15) is 0 Å². The van der Waals surface area contributed by atoms with Crippen molar-refractivity contribution in [2.24, 2.45) is 0 Å². The molecule has 0 saturated carbocycles. The molecule has 1 aliphatic rings. The van der Waals surface area contributed by atoms with Crippen LogP contribution in [0.5, 0.6) is 0 Å². The molecule has 3 rings (SSSR count). The number of nitrogens with zero attached hydrogens (tertiary/aromatic N) is 2. The Labute approximate surface area is 206 Å². The van der Waals surface area contributed by atoms with E-state index in [1.807, 2.05) is 85.9 Å². The topological polar surface area (TPSA) is 117 Å². The van der Waals surface area contributed by atoms with Gasteiger partial charge in [0.25, 0.3) is 11.8 Å². The minimum atomic E-state index is -1.88. The zero-order chi connectivity index (χ0) is 25.4. The molecule has 0 aliphatic carbocycles. The Morgan fingerprint density at radius 3 is 2.43 bits per heavy atom. The summed E-state index contributed by atoms with van der Waals surface area (Å²) in [6.07, 6.45) is 0.0447. The maximum atomic E-state index is 13.1. The molecule has 0 spiro atoms. The lowest BCUT2D eigenvalue weighted by Crippen LogP contribution is -2.56. The average Bonchev–Trinajstić information content (AvgIpc) is 2.91. The fourth-order valence-electron chi connectivity index (χ4n) is 4.13. The summed E-state index contributed by atoms with van der Waals surface area (Å²) in [5.41, 5.74) is 5.71. The minimum Gasteiger partial charge on any atom is -0.380 e. The summed E-state index contributed by atoms with van der Waals surface area (Å²) in [4.78, 5) is 27.3. The molecule has 2 aromatic carbocycles. The fraction of sp³-hybridized carbons (Fsp3) is 0.385. The van der Waals surface area contributed by atoms with Crippen molar-refractivity contribution in [1.82, 2.24) is 21.0 Å². The SMILES string of the molecule is C/C=C\N(NC)c1ccc([C@@H](C)NC(=O)[C@H](O)[C@@H](O)C(=O)N2CCNCC2c2ccccc2)cc1. The van der Waals surface area contributed by atoms with Gasteiger partial charge in [0, 0.05) is 32.9 Å². The molecule has 1 aliphatic heterocycles. The number of allylic oxidation sites excluding steroid dienone is 1. The van der Waals surface area contributed by atoms with Crippen LogP contribution in [0.2, 0.25) is 0 Å². The predicted octanol–water partition coefficient (Wildman–Crippen LogP) is 1.23. The van der Waals surface area contributed by atoms with Crippen molar-refractivity contribution in [2.75, 3.05) is 31.7 Å². The third-order valence-corrected chi connectivity index (χ3v) is 6.10. The zero-order valence-corrected chi connectivity index (χ0v) is 20.4. The van der Waals surface area contributed by atoms with E-state index in [2.05, 4.69) is 16.1 Å². The Bertz CT molecular complexity index is 999. The Hall–Kier alpha value is -3.24. The number of carbonyl (C=O) groups excluding carboxylic acids is 2. The van der Waals surface area contributed by atoms with Gasteiger partial charge < -0.3 is 25.7 Å². The number of anilines is 1. The highest BCUT2D eigenvalue weighted by molar-refractivity contribution is 5.91. The van der Waals surface area contributed by atoms with E-state index in [1.54, 1.807) is 6.92 Å². The first-order valence-corrected chi connectivity index (χ1v) is 11.8. The molecule has 1 fully saturated rings. The minimum absolute atomic E-state index is 0.292. The van der Waals surface area contributed by atoms with Gasteiger partial charge in [0.2, 0.25) is 0 Å². The first-order chi connectivity index (χ1) is 16.9. The lowest BCUT2D eigenvalue weighted by Gasteiger charge is -2.38. The van der Waals surface area contributed by atoms with E-state index in [0.29, 0.717) is 19.6 Å². The van der Waals surface area contributed by atoms with Gasteiger partial charge in [0.1, 0.15) is 0 Å². The standard InChI is InChI=1S/C26H35N5O4/c1-4-15-31(27-3)21-12-10-19(11-13-21)18(2)29-25(34)23(32)24(33)26(35)30-16-14-28-17-22(30)20-8-6-5-7-9-20/h4-13,15,18,22-24,27-28,32-33H,14,16-17H2,1-3H3,(H,29,34)/b15-4-/t18-,22?,23-,24-/m1/s1. The maximum absolute atomic E-state index is 13.1. The third-order valence-electron chi connectivity index (χ3n) is 6.10. The fourth-order valence-corrected chi connectivity index (χ4v) is 4.13. The molecular formula is C26H35N5O4. The van der Waals surface area contributed by atoms with Crippen molar-refractivity contribution >= 4 is 17.5 Å². The summed E-state index contributed by atoms with van der Waals surface area (Å²) >= 11 is 0. The maximum Gasteiger partial charge on any atom is 0.255 e. The number of piperazine rings is 1. The lowest BCUT2D eigenvalue weighted by atomic mass is 10.0. The van der Waals surface area contributed by atoms with E-state index in [4.69, 9.17) is 0 Å². The number of hydrogen-bond acceptors (Lipinski definition) is 7. The Morgan fingerprint density at radius 2 is 1.80 bits per heavy atom. The molecule has 2 aromatic rings. The Kier molecular flexibility index (Phi) is 9.39. The largest absolute Gasteiger partial charge is 0.380 e. The molecule has 9 heteroatoms. The van der Waals surface area contributed by atoms with Crippen LogP contribution in [0.3, 0.4) is 0 Å². The van der Waals surface area contributed by atoms with Crippen LogP contribution >= 0.6 is 0 Å². The molecule has 9 nitrogen and oxygen atoms in total. The van der Waals surface area contributed by atoms with Gasteiger partial charge in [0.05, 0.1) is 17.8 Å². The summed E-state index contributed by atoms with van der Waals surface area (Å²) in [6.45, 7) is 5.15. The molecule has 0 aromatic heterocycles. The van der Waals surface area contributed by atoms with Crippen LogP contribution in [0.15, 0.2) is 66.9 Å². The lowest BCUT2D eigenvalue weighted by molar-refractivity contribution is -0.155. The number of hydrazine groups is 1. The van der Waals surface area contributed by atoms with Crippen LogP contribution in [-0.2, 0) is 9.59 Å². The highest BCUT2D eigenvalue weighted by Gasteiger charge is 2.37. The Morgan fingerprint density at radius 1 is 1.11 bits per heavy atom. The van der Waals surface area contributed by atoms with Crippen LogP contribution in [0.4, 0.5) is 5.69 Å². The van der Waals surface area contributed by atoms with Gasteiger partial charge in [-0.05, 0) is 37.1 Å². The Balaban J connectivity index is 1.63. The highest BCUT2D eigenvalue weighted by Crippen LogP contribution is 2.24. The van der Waals surface area contributed by atoms with Crippen molar-refractivity contribution in [3.8, 4) is 0 Å². The van der Waals surface area contributed by atoms with Crippen molar-refractivity contribution in [3.63, 3.8) is 0 Å². The van der Waals surface area contributed by atoms with Gasteiger partial charge in [0.15, 0.2) is 12.2 Å². The van der Waals surface area contributed by atoms with E-state index in [1.165, 1.54) is 4.90 Å². The molecule has 0 bridgehead atoms. The van der Waals surface area contributed by atoms with Crippen LogP contribution in [-0.4, -0.2) is 65.8 Å². The molecule has 1 unspecified atom stereocenters. The normalized spacial score (nSPS) is 18.7. The molecule has 35 heavy (non-hydrogen) atoms. The second-order valence-electron chi connectivity index (χ2n) is 8.45. The van der Waals surface area contributed by atoms with Gasteiger partial charge in [-0.15, -0.1) is 0 Å². The van der Waals surface area contributed by atoms with Crippen LogP contribution in [0.25, 0.3) is 0 Å². The van der Waals surface area contributed by atoms with Gasteiger partial charge >= 0.3 is 0 Å². The van der Waals surface area contributed by atoms with Gasteiger partial charge in [-0.25, -0.2) is 5.43 Å². The van der Waals surface area contributed by atoms with Crippen molar-refractivity contribution < 1.29 is 19.8 Å². The van der Waals surface area contributed by atoms with E-state index in [9.17, 15) is 19.8 Å². The first kappa shape index (κ1) is 26.4. The number of hydrogen-bond donors (Lipinski definition) is 5. The second kappa shape index (κ2) is 12.5. The van der Waals surface area contributed by atoms with Gasteiger partial charge in [-0.1, -0.05) is 48.5 Å². The number of rotatable bonds is 9. The highest BCUT2D eigenvalue weighted by atomic mass is 16.3. The number of benzene rings is 2. The molecule has 2 amide bonds. The average molecular weight is 482 g/mol. The molecule has 1 saturated heterocycles. The quantitative estimate of drug-likeness (QED) is 0.342. The molecule has 4 atom stereocenters. The van der Waals surface area contributed by atoms with E-state index in [-0.39, 0.29) is 6.04 Å². The number of carbonyl (C=O) groups is 2. The number of amides is 2. The number of nitrogens with one attached hydrogen (secondary N) is 3. The zero-order valence-electron chi connectivity index (χ0n) is 20.4.